The second-order valence-corrected chi connectivity index (χ2v) is 6.06. The first-order valence-corrected chi connectivity index (χ1v) is 7.35. The third-order valence-corrected chi connectivity index (χ3v) is 3.43. The van der Waals surface area contributed by atoms with E-state index in [4.69, 9.17) is 4.74 Å². The summed E-state index contributed by atoms with van der Waals surface area (Å²) in [6, 6.07) is 3.34. The number of carbonyl (C=O) groups is 2. The summed E-state index contributed by atoms with van der Waals surface area (Å²) in [4.78, 5) is 22.5. The zero-order valence-corrected chi connectivity index (χ0v) is 14.0. The largest absolute Gasteiger partial charge is 0.479 e. The van der Waals surface area contributed by atoms with Crippen molar-refractivity contribution in [1.29, 1.82) is 0 Å². The van der Waals surface area contributed by atoms with E-state index in [-0.39, 0.29) is 11.9 Å². The van der Waals surface area contributed by atoms with Crippen LogP contribution in [0.5, 0.6) is 5.75 Å². The van der Waals surface area contributed by atoms with Gasteiger partial charge in [-0.1, -0.05) is 0 Å². The molecular weight excluding hydrogens is 378 g/mol. The van der Waals surface area contributed by atoms with Crippen LogP contribution in [-0.4, -0.2) is 24.3 Å². The van der Waals surface area contributed by atoms with Crippen molar-refractivity contribution in [3.63, 3.8) is 0 Å². The molecule has 0 aliphatic carbocycles. The van der Waals surface area contributed by atoms with Crippen LogP contribution in [0.15, 0.2) is 21.1 Å². The number of hydrogen-bond acceptors (Lipinski definition) is 3. The molecule has 1 N–H and O–H groups in total. The summed E-state index contributed by atoms with van der Waals surface area (Å²) in [5, 5.41) is 2.77. The molecule has 6 heteroatoms. The Balaban J connectivity index is 2.88. The fraction of sp³-hybridized carbons (Fsp3) is 0.385. The van der Waals surface area contributed by atoms with Crippen LogP contribution in [0.3, 0.4) is 0 Å². The van der Waals surface area contributed by atoms with Gasteiger partial charge in [0.2, 0.25) is 0 Å². The minimum Gasteiger partial charge on any atom is -0.479 e. The molecule has 0 saturated carbocycles. The molecule has 0 aromatic heterocycles. The second kappa shape index (κ2) is 7.05. The number of amides is 1. The molecule has 1 unspecified atom stereocenters. The van der Waals surface area contributed by atoms with Crippen LogP contribution in [0.2, 0.25) is 0 Å². The Morgan fingerprint density at radius 3 is 2.21 bits per heavy atom. The van der Waals surface area contributed by atoms with Crippen LogP contribution in [-0.2, 0) is 4.79 Å². The normalized spacial score (nSPS) is 12.1. The topological polar surface area (TPSA) is 55.4 Å². The lowest BCUT2D eigenvalue weighted by atomic mass is 10.2. The molecule has 0 aliphatic rings. The molecule has 1 atom stereocenters. The maximum atomic E-state index is 11.8. The summed E-state index contributed by atoms with van der Waals surface area (Å²) in [7, 11) is 0. The smallest absolute Gasteiger partial charge is 0.260 e. The molecule has 1 aromatic carbocycles. The van der Waals surface area contributed by atoms with Crippen LogP contribution in [0, 0.1) is 0 Å². The van der Waals surface area contributed by atoms with Gasteiger partial charge in [0.1, 0.15) is 12.0 Å². The highest BCUT2D eigenvalue weighted by Gasteiger charge is 2.18. The van der Waals surface area contributed by atoms with E-state index in [0.717, 1.165) is 6.29 Å². The lowest BCUT2D eigenvalue weighted by molar-refractivity contribution is -0.127. The van der Waals surface area contributed by atoms with E-state index in [0.29, 0.717) is 20.3 Å². The molecular formula is C13H15Br2NO3. The molecule has 0 heterocycles. The summed E-state index contributed by atoms with van der Waals surface area (Å²) in [6.07, 6.45) is 0.117. The van der Waals surface area contributed by atoms with Gasteiger partial charge in [-0.25, -0.2) is 0 Å². The fourth-order valence-corrected chi connectivity index (χ4v) is 2.80. The van der Waals surface area contributed by atoms with Crippen LogP contribution >= 0.6 is 31.9 Å². The van der Waals surface area contributed by atoms with E-state index in [1.54, 1.807) is 19.1 Å². The van der Waals surface area contributed by atoms with Crippen molar-refractivity contribution in [2.24, 2.45) is 0 Å². The second-order valence-electron chi connectivity index (χ2n) is 4.35. The number of nitrogens with one attached hydrogen (secondary N) is 1. The molecule has 0 radical (unpaired) electrons. The Labute approximate surface area is 129 Å². The third-order valence-electron chi connectivity index (χ3n) is 2.25. The Morgan fingerprint density at radius 1 is 1.26 bits per heavy atom. The van der Waals surface area contributed by atoms with Gasteiger partial charge in [0, 0.05) is 11.6 Å². The van der Waals surface area contributed by atoms with Gasteiger partial charge in [-0.2, -0.15) is 0 Å². The van der Waals surface area contributed by atoms with Crippen molar-refractivity contribution in [3.8, 4) is 5.75 Å². The summed E-state index contributed by atoms with van der Waals surface area (Å²) in [6.45, 7) is 5.44. The number of rotatable bonds is 5. The first kappa shape index (κ1) is 16.2. The van der Waals surface area contributed by atoms with Crippen molar-refractivity contribution < 1.29 is 14.3 Å². The highest BCUT2D eigenvalue weighted by atomic mass is 79.9. The number of aldehydes is 1. The monoisotopic (exact) mass is 391 g/mol. The van der Waals surface area contributed by atoms with E-state index in [9.17, 15) is 9.59 Å². The van der Waals surface area contributed by atoms with Gasteiger partial charge in [0.05, 0.1) is 8.95 Å². The predicted octanol–water partition coefficient (Wildman–Crippen LogP) is 3.32. The molecule has 0 spiro atoms. The lowest BCUT2D eigenvalue weighted by Gasteiger charge is -2.18. The number of halogens is 2. The van der Waals surface area contributed by atoms with Crippen molar-refractivity contribution in [2.75, 3.05) is 0 Å². The lowest BCUT2D eigenvalue weighted by Crippen LogP contribution is -2.40. The molecule has 0 fully saturated rings. The molecule has 1 amide bonds. The SMILES string of the molecule is CC(C)NC(=O)C(C)Oc1c(Br)cc(C=O)cc1Br. The highest BCUT2D eigenvalue weighted by Crippen LogP contribution is 2.35. The summed E-state index contributed by atoms with van der Waals surface area (Å²) in [5.41, 5.74) is 0.519. The molecule has 4 nitrogen and oxygen atoms in total. The van der Waals surface area contributed by atoms with E-state index in [1.807, 2.05) is 13.8 Å². The molecule has 0 bridgehead atoms. The Bertz CT molecular complexity index is 466. The van der Waals surface area contributed by atoms with Crippen molar-refractivity contribution in [1.82, 2.24) is 5.32 Å². The van der Waals surface area contributed by atoms with Crippen molar-refractivity contribution >= 4 is 44.1 Å². The Morgan fingerprint density at radius 2 is 1.79 bits per heavy atom. The van der Waals surface area contributed by atoms with Gasteiger partial charge in [-0.3, -0.25) is 9.59 Å². The Hall–Kier alpha value is -0.880. The average molecular weight is 393 g/mol. The van der Waals surface area contributed by atoms with Crippen molar-refractivity contribution in [3.05, 3.63) is 26.6 Å². The Kier molecular flexibility index (Phi) is 6.00. The summed E-state index contributed by atoms with van der Waals surface area (Å²) < 4.78 is 6.85. The van der Waals surface area contributed by atoms with Gasteiger partial charge >= 0.3 is 0 Å². The minimum atomic E-state index is -0.628. The van der Waals surface area contributed by atoms with Crippen LogP contribution in [0.4, 0.5) is 0 Å². The van der Waals surface area contributed by atoms with E-state index in [1.165, 1.54) is 0 Å². The standard InChI is InChI=1S/C13H15Br2NO3/c1-7(2)16-13(18)8(3)19-12-10(14)4-9(6-17)5-11(12)15/h4-8H,1-3H3,(H,16,18). The quantitative estimate of drug-likeness (QED) is 0.782. The highest BCUT2D eigenvalue weighted by molar-refractivity contribution is 9.11. The van der Waals surface area contributed by atoms with Crippen LogP contribution in [0.25, 0.3) is 0 Å². The number of carbonyl (C=O) groups excluding carboxylic acids is 2. The number of benzene rings is 1. The zero-order valence-electron chi connectivity index (χ0n) is 10.9. The molecule has 0 aliphatic heterocycles. The predicted molar refractivity (Wildman–Crippen MR) is 80.6 cm³/mol. The molecule has 19 heavy (non-hydrogen) atoms. The van der Waals surface area contributed by atoms with Crippen LogP contribution < -0.4 is 10.1 Å². The fourth-order valence-electron chi connectivity index (χ4n) is 1.39. The average Bonchev–Trinajstić information content (AvgIpc) is 2.32. The number of ether oxygens (including phenoxy) is 1. The first-order chi connectivity index (χ1) is 8.85. The maximum absolute atomic E-state index is 11.8. The van der Waals surface area contributed by atoms with Gasteiger partial charge in [0.25, 0.3) is 5.91 Å². The van der Waals surface area contributed by atoms with E-state index in [2.05, 4.69) is 37.2 Å². The molecule has 1 rings (SSSR count). The van der Waals surface area contributed by atoms with Gasteiger partial charge in [-0.15, -0.1) is 0 Å². The first-order valence-electron chi connectivity index (χ1n) is 5.76. The van der Waals surface area contributed by atoms with Crippen molar-refractivity contribution in [2.45, 2.75) is 32.9 Å². The maximum Gasteiger partial charge on any atom is 0.260 e. The van der Waals surface area contributed by atoms with Gasteiger partial charge in [-0.05, 0) is 64.8 Å². The summed E-state index contributed by atoms with van der Waals surface area (Å²) >= 11 is 6.64. The van der Waals surface area contributed by atoms with E-state index >= 15 is 0 Å². The van der Waals surface area contributed by atoms with Gasteiger partial charge in [0.15, 0.2) is 6.10 Å². The van der Waals surface area contributed by atoms with Gasteiger partial charge < -0.3 is 10.1 Å². The zero-order chi connectivity index (χ0) is 14.6. The summed E-state index contributed by atoms with van der Waals surface area (Å²) in [5.74, 6) is 0.310. The van der Waals surface area contributed by atoms with Crippen LogP contribution in [0.1, 0.15) is 31.1 Å². The molecule has 0 saturated heterocycles. The molecule has 1 aromatic rings. The third kappa shape index (κ3) is 4.62. The molecule has 104 valence electrons. The number of hydrogen-bond donors (Lipinski definition) is 1. The van der Waals surface area contributed by atoms with E-state index < -0.39 is 6.10 Å². The minimum absolute atomic E-state index is 0.0582.